The summed E-state index contributed by atoms with van der Waals surface area (Å²) in [6, 6.07) is 0. The molecule has 2 rings (SSSR count). The van der Waals surface area contributed by atoms with Gasteiger partial charge in [-0.3, -0.25) is 19.3 Å². The highest BCUT2D eigenvalue weighted by Gasteiger charge is 2.49. The minimum Gasteiger partial charge on any atom is -0.300 e. The van der Waals surface area contributed by atoms with Gasteiger partial charge >= 0.3 is 0 Å². The molecule has 0 bridgehead atoms. The van der Waals surface area contributed by atoms with Crippen molar-refractivity contribution in [1.29, 1.82) is 0 Å². The average molecular weight is 223 g/mol. The van der Waals surface area contributed by atoms with Crippen LogP contribution < -0.4 is 0 Å². The summed E-state index contributed by atoms with van der Waals surface area (Å²) in [6.45, 7) is 2.55. The lowest BCUT2D eigenvalue weighted by Crippen LogP contribution is -2.32. The summed E-state index contributed by atoms with van der Waals surface area (Å²) in [4.78, 5) is 36.6. The van der Waals surface area contributed by atoms with Gasteiger partial charge in [0.1, 0.15) is 5.78 Å². The Labute approximate surface area is 95.0 Å². The lowest BCUT2D eigenvalue weighted by Gasteiger charge is -2.18. The number of carbonyl (C=O) groups excluding carboxylic acids is 3. The predicted molar refractivity (Wildman–Crippen MR) is 57.5 cm³/mol. The number of likely N-dealkylation sites (tertiary alicyclic amines) is 1. The van der Waals surface area contributed by atoms with Crippen molar-refractivity contribution in [3.8, 4) is 0 Å². The Morgan fingerprint density at radius 1 is 1.19 bits per heavy atom. The fourth-order valence-corrected chi connectivity index (χ4v) is 2.61. The normalized spacial score (nSPS) is 29.8. The number of unbranched alkanes of at least 4 members (excludes halogenated alkanes) is 1. The second-order valence-corrected chi connectivity index (χ2v) is 4.68. The van der Waals surface area contributed by atoms with E-state index in [1.807, 2.05) is 6.92 Å². The van der Waals surface area contributed by atoms with E-state index in [0.717, 1.165) is 12.8 Å². The van der Waals surface area contributed by atoms with Gasteiger partial charge < -0.3 is 0 Å². The molecule has 4 heteroatoms. The zero-order valence-electron chi connectivity index (χ0n) is 9.57. The molecular weight excluding hydrogens is 206 g/mol. The van der Waals surface area contributed by atoms with E-state index in [9.17, 15) is 14.4 Å². The van der Waals surface area contributed by atoms with Crippen molar-refractivity contribution >= 4 is 17.6 Å². The van der Waals surface area contributed by atoms with Gasteiger partial charge in [-0.1, -0.05) is 13.3 Å². The molecule has 2 aliphatic rings. The molecular formula is C12H17NO3. The van der Waals surface area contributed by atoms with E-state index in [2.05, 4.69) is 0 Å². The van der Waals surface area contributed by atoms with E-state index in [0.29, 0.717) is 19.4 Å². The fraction of sp³-hybridized carbons (Fsp3) is 0.750. The molecule has 0 radical (unpaired) electrons. The van der Waals surface area contributed by atoms with Crippen LogP contribution in [0.25, 0.3) is 0 Å². The first-order chi connectivity index (χ1) is 7.65. The van der Waals surface area contributed by atoms with E-state index in [1.54, 1.807) is 0 Å². The quantitative estimate of drug-likeness (QED) is 0.674. The maximum atomic E-state index is 12.0. The van der Waals surface area contributed by atoms with Gasteiger partial charge in [0.05, 0.1) is 11.8 Å². The van der Waals surface area contributed by atoms with Gasteiger partial charge in [-0.2, -0.15) is 0 Å². The van der Waals surface area contributed by atoms with Crippen LogP contribution in [0.2, 0.25) is 0 Å². The number of hydrogen-bond acceptors (Lipinski definition) is 3. The van der Waals surface area contributed by atoms with Crippen molar-refractivity contribution < 1.29 is 14.4 Å². The van der Waals surface area contributed by atoms with Crippen LogP contribution >= 0.6 is 0 Å². The minimum absolute atomic E-state index is 0.0454. The number of imide groups is 1. The first-order valence-corrected chi connectivity index (χ1v) is 6.02. The number of rotatable bonds is 3. The molecule has 2 fully saturated rings. The van der Waals surface area contributed by atoms with Crippen molar-refractivity contribution in [2.75, 3.05) is 6.54 Å². The summed E-state index contributed by atoms with van der Waals surface area (Å²) in [5, 5.41) is 0. The molecule has 1 heterocycles. The van der Waals surface area contributed by atoms with Crippen LogP contribution in [0, 0.1) is 11.8 Å². The zero-order chi connectivity index (χ0) is 11.7. The predicted octanol–water partition coefficient (Wildman–Crippen LogP) is 1.14. The van der Waals surface area contributed by atoms with Crippen LogP contribution in [0.15, 0.2) is 0 Å². The Hall–Kier alpha value is -1.19. The molecule has 88 valence electrons. The van der Waals surface area contributed by atoms with E-state index < -0.39 is 0 Å². The van der Waals surface area contributed by atoms with Crippen LogP contribution in [-0.4, -0.2) is 29.0 Å². The summed E-state index contributed by atoms with van der Waals surface area (Å²) >= 11 is 0. The molecule has 0 N–H and O–H groups in total. The molecule has 1 aliphatic heterocycles. The van der Waals surface area contributed by atoms with E-state index in [1.165, 1.54) is 4.90 Å². The first kappa shape index (κ1) is 11.3. The third kappa shape index (κ3) is 1.77. The number of amides is 2. The summed E-state index contributed by atoms with van der Waals surface area (Å²) in [5.74, 6) is -0.583. The molecule has 0 aromatic rings. The van der Waals surface area contributed by atoms with Crippen LogP contribution in [0.4, 0.5) is 0 Å². The van der Waals surface area contributed by atoms with Gasteiger partial charge in [0.15, 0.2) is 0 Å². The molecule has 0 aromatic heterocycles. The fourth-order valence-electron chi connectivity index (χ4n) is 2.61. The Balaban J connectivity index is 2.11. The second kappa shape index (κ2) is 4.36. The topological polar surface area (TPSA) is 54.5 Å². The van der Waals surface area contributed by atoms with Gasteiger partial charge in [-0.25, -0.2) is 0 Å². The van der Waals surface area contributed by atoms with Crippen molar-refractivity contribution in [3.63, 3.8) is 0 Å². The highest BCUT2D eigenvalue weighted by atomic mass is 16.2. The van der Waals surface area contributed by atoms with Crippen molar-refractivity contribution in [2.24, 2.45) is 11.8 Å². The molecule has 0 spiro atoms. The Morgan fingerprint density at radius 2 is 1.88 bits per heavy atom. The summed E-state index contributed by atoms with van der Waals surface area (Å²) in [5.41, 5.74) is 0. The van der Waals surface area contributed by atoms with Gasteiger partial charge in [0.2, 0.25) is 11.8 Å². The van der Waals surface area contributed by atoms with Crippen LogP contribution in [0.1, 0.15) is 39.0 Å². The van der Waals surface area contributed by atoms with Crippen molar-refractivity contribution in [3.05, 3.63) is 0 Å². The van der Waals surface area contributed by atoms with Gasteiger partial charge in [0.25, 0.3) is 0 Å². The van der Waals surface area contributed by atoms with Crippen molar-refractivity contribution in [2.45, 2.75) is 39.0 Å². The largest absolute Gasteiger partial charge is 0.300 e. The summed E-state index contributed by atoms with van der Waals surface area (Å²) in [6.07, 6.45) is 3.12. The van der Waals surface area contributed by atoms with E-state index in [-0.39, 0.29) is 35.9 Å². The van der Waals surface area contributed by atoms with E-state index >= 15 is 0 Å². The van der Waals surface area contributed by atoms with Crippen LogP contribution in [0.3, 0.4) is 0 Å². The molecule has 1 aliphatic carbocycles. The number of ketones is 1. The molecule has 0 unspecified atom stereocenters. The third-order valence-corrected chi connectivity index (χ3v) is 3.57. The summed E-state index contributed by atoms with van der Waals surface area (Å²) in [7, 11) is 0. The molecule has 4 nitrogen and oxygen atoms in total. The molecule has 16 heavy (non-hydrogen) atoms. The Kier molecular flexibility index (Phi) is 3.08. The number of nitrogens with zero attached hydrogens (tertiary/aromatic N) is 1. The maximum Gasteiger partial charge on any atom is 0.233 e. The van der Waals surface area contributed by atoms with Gasteiger partial charge in [-0.05, 0) is 12.8 Å². The zero-order valence-corrected chi connectivity index (χ0v) is 9.57. The standard InChI is InChI=1S/C12H17NO3/c1-2-3-6-13-11(15)9-5-4-8(14)7-10(9)12(13)16/h9-10H,2-7H2,1H3/t9-,10+/m0/s1. The molecule has 1 saturated heterocycles. The second-order valence-electron chi connectivity index (χ2n) is 4.68. The molecule has 1 saturated carbocycles. The first-order valence-electron chi connectivity index (χ1n) is 6.02. The Morgan fingerprint density at radius 3 is 2.56 bits per heavy atom. The number of fused-ring (bicyclic) bond motifs is 1. The highest BCUT2D eigenvalue weighted by Crippen LogP contribution is 2.36. The van der Waals surface area contributed by atoms with Crippen LogP contribution in [-0.2, 0) is 14.4 Å². The Bertz CT molecular complexity index is 337. The molecule has 2 atom stereocenters. The smallest absolute Gasteiger partial charge is 0.233 e. The molecule has 2 amide bonds. The number of carbonyl (C=O) groups is 3. The lowest BCUT2D eigenvalue weighted by molar-refractivity contribution is -0.140. The average Bonchev–Trinajstić information content (AvgIpc) is 2.50. The van der Waals surface area contributed by atoms with Gasteiger partial charge in [-0.15, -0.1) is 0 Å². The third-order valence-electron chi connectivity index (χ3n) is 3.57. The summed E-state index contributed by atoms with van der Waals surface area (Å²) < 4.78 is 0. The van der Waals surface area contributed by atoms with Gasteiger partial charge in [0, 0.05) is 19.4 Å². The lowest BCUT2D eigenvalue weighted by atomic mass is 9.80. The van der Waals surface area contributed by atoms with Crippen molar-refractivity contribution in [1.82, 2.24) is 4.90 Å². The number of Topliss-reactive ketones (excluding diaryl/α,β-unsaturated/α-hetero) is 1. The molecule has 0 aromatic carbocycles. The monoisotopic (exact) mass is 223 g/mol. The van der Waals surface area contributed by atoms with E-state index in [4.69, 9.17) is 0 Å². The highest BCUT2D eigenvalue weighted by molar-refractivity contribution is 6.07. The maximum absolute atomic E-state index is 12.0. The number of hydrogen-bond donors (Lipinski definition) is 0. The SMILES string of the molecule is CCCCN1C(=O)[C@H]2CCC(=O)C[C@H]2C1=O. The van der Waals surface area contributed by atoms with Crippen LogP contribution in [0.5, 0.6) is 0 Å². The minimum atomic E-state index is -0.342.